The third-order valence-corrected chi connectivity index (χ3v) is 3.29. The fourth-order valence-corrected chi connectivity index (χ4v) is 2.19. The van der Waals surface area contributed by atoms with Gasteiger partial charge in [-0.2, -0.15) is 0 Å². The number of fused-ring (bicyclic) bond motifs is 1. The van der Waals surface area contributed by atoms with Crippen LogP contribution in [-0.2, 0) is 0 Å². The van der Waals surface area contributed by atoms with Gasteiger partial charge in [-0.3, -0.25) is 10.1 Å². The molecule has 0 aliphatic rings. The quantitative estimate of drug-likeness (QED) is 0.578. The lowest BCUT2D eigenvalue weighted by atomic mass is 10.2. The third kappa shape index (κ3) is 2.97. The van der Waals surface area contributed by atoms with Crippen molar-refractivity contribution in [1.29, 1.82) is 0 Å². The maximum Gasteiger partial charge on any atom is 0.269 e. The van der Waals surface area contributed by atoms with E-state index in [9.17, 15) is 10.1 Å². The second-order valence-electron chi connectivity index (χ2n) is 4.33. The molecule has 0 atom stereocenters. The SMILES string of the molecule is O=[N+]([O-])c1ccc(/C=C/c2nc3ncc(Br)cc3[nH]2)cc1. The summed E-state index contributed by atoms with van der Waals surface area (Å²) in [5.74, 6) is 0.675. The smallest absolute Gasteiger partial charge is 0.269 e. The number of nitrogens with zero attached hydrogens (tertiary/aromatic N) is 3. The lowest BCUT2D eigenvalue weighted by molar-refractivity contribution is -0.384. The molecule has 7 heteroatoms. The van der Waals surface area contributed by atoms with Gasteiger partial charge in [0, 0.05) is 22.8 Å². The predicted octanol–water partition coefficient (Wildman–Crippen LogP) is 3.80. The van der Waals surface area contributed by atoms with Gasteiger partial charge in [-0.1, -0.05) is 6.08 Å². The number of aromatic amines is 1. The molecular formula is C14H9BrN4O2. The minimum atomic E-state index is -0.420. The molecule has 0 bridgehead atoms. The highest BCUT2D eigenvalue weighted by Crippen LogP contribution is 2.17. The molecule has 3 rings (SSSR count). The Bertz CT molecular complexity index is 840. The molecule has 0 saturated heterocycles. The molecule has 0 spiro atoms. The Hall–Kier alpha value is -2.54. The van der Waals surface area contributed by atoms with Crippen molar-refractivity contribution in [2.45, 2.75) is 0 Å². The van der Waals surface area contributed by atoms with Gasteiger partial charge in [0.25, 0.3) is 5.69 Å². The largest absolute Gasteiger partial charge is 0.337 e. The number of nitro benzene ring substituents is 1. The van der Waals surface area contributed by atoms with Crippen LogP contribution in [0.4, 0.5) is 5.69 Å². The maximum absolute atomic E-state index is 10.6. The Kier molecular flexibility index (Phi) is 3.49. The first kappa shape index (κ1) is 13.4. The van der Waals surface area contributed by atoms with Crippen LogP contribution >= 0.6 is 15.9 Å². The van der Waals surface area contributed by atoms with Gasteiger partial charge in [0.05, 0.1) is 10.4 Å². The zero-order chi connectivity index (χ0) is 14.8. The fraction of sp³-hybridized carbons (Fsp3) is 0. The Morgan fingerprint density at radius 1 is 1.24 bits per heavy atom. The minimum absolute atomic E-state index is 0.0740. The molecule has 2 aromatic heterocycles. The molecule has 104 valence electrons. The van der Waals surface area contributed by atoms with Gasteiger partial charge in [0.15, 0.2) is 5.65 Å². The van der Waals surface area contributed by atoms with Crippen molar-refractivity contribution in [3.05, 3.63) is 62.5 Å². The van der Waals surface area contributed by atoms with E-state index in [0.29, 0.717) is 11.5 Å². The summed E-state index contributed by atoms with van der Waals surface area (Å²) in [7, 11) is 0. The number of aromatic nitrogens is 3. The molecule has 1 N–H and O–H groups in total. The van der Waals surface area contributed by atoms with E-state index in [1.165, 1.54) is 12.1 Å². The van der Waals surface area contributed by atoms with E-state index in [2.05, 4.69) is 30.9 Å². The Labute approximate surface area is 127 Å². The number of imidazole rings is 1. The molecule has 3 aromatic rings. The Morgan fingerprint density at radius 3 is 2.71 bits per heavy atom. The van der Waals surface area contributed by atoms with Crippen LogP contribution in [0.5, 0.6) is 0 Å². The fourth-order valence-electron chi connectivity index (χ4n) is 1.85. The van der Waals surface area contributed by atoms with E-state index >= 15 is 0 Å². The molecular weight excluding hydrogens is 336 g/mol. The zero-order valence-corrected chi connectivity index (χ0v) is 12.2. The van der Waals surface area contributed by atoms with Gasteiger partial charge >= 0.3 is 0 Å². The second kappa shape index (κ2) is 5.45. The van der Waals surface area contributed by atoms with Gasteiger partial charge in [-0.15, -0.1) is 0 Å². The van der Waals surface area contributed by atoms with Crippen LogP contribution in [0, 0.1) is 10.1 Å². The molecule has 0 saturated carbocycles. The van der Waals surface area contributed by atoms with Crippen molar-refractivity contribution in [3.8, 4) is 0 Å². The standard InChI is InChI=1S/C14H9BrN4O2/c15-10-7-12-14(16-8-10)18-13(17-12)6-3-9-1-4-11(5-2-9)19(20)21/h1-8H,(H,16,17,18)/b6-3+. The number of nitro groups is 1. The lowest BCUT2D eigenvalue weighted by Gasteiger charge is -1.93. The summed E-state index contributed by atoms with van der Waals surface area (Å²) >= 11 is 3.35. The highest BCUT2D eigenvalue weighted by atomic mass is 79.9. The molecule has 0 amide bonds. The molecule has 21 heavy (non-hydrogen) atoms. The molecule has 2 heterocycles. The monoisotopic (exact) mass is 344 g/mol. The summed E-state index contributed by atoms with van der Waals surface area (Å²) in [5.41, 5.74) is 2.41. The van der Waals surface area contributed by atoms with E-state index < -0.39 is 4.92 Å². The van der Waals surface area contributed by atoms with Crippen LogP contribution in [0.1, 0.15) is 11.4 Å². The summed E-state index contributed by atoms with van der Waals surface area (Å²) in [4.78, 5) is 21.8. The molecule has 1 aromatic carbocycles. The number of non-ortho nitro benzene ring substituents is 1. The van der Waals surface area contributed by atoms with Crippen molar-refractivity contribution < 1.29 is 4.92 Å². The van der Waals surface area contributed by atoms with Crippen molar-refractivity contribution in [3.63, 3.8) is 0 Å². The van der Waals surface area contributed by atoms with E-state index in [1.54, 1.807) is 24.4 Å². The van der Waals surface area contributed by atoms with E-state index in [4.69, 9.17) is 0 Å². The number of pyridine rings is 1. The van der Waals surface area contributed by atoms with Crippen molar-refractivity contribution in [2.75, 3.05) is 0 Å². The van der Waals surface area contributed by atoms with Gasteiger partial charge < -0.3 is 4.98 Å². The molecule has 0 fully saturated rings. The Morgan fingerprint density at radius 2 is 2.00 bits per heavy atom. The number of benzene rings is 1. The van der Waals surface area contributed by atoms with Gasteiger partial charge in [-0.05, 0) is 45.8 Å². The van der Waals surface area contributed by atoms with Crippen LogP contribution in [0.2, 0.25) is 0 Å². The van der Waals surface area contributed by atoms with Crippen LogP contribution in [0.25, 0.3) is 23.3 Å². The minimum Gasteiger partial charge on any atom is -0.337 e. The zero-order valence-electron chi connectivity index (χ0n) is 10.7. The van der Waals surface area contributed by atoms with Crippen molar-refractivity contribution in [1.82, 2.24) is 15.0 Å². The molecule has 0 aliphatic heterocycles. The predicted molar refractivity (Wildman–Crippen MR) is 83.6 cm³/mol. The van der Waals surface area contributed by atoms with Crippen LogP contribution in [0.15, 0.2) is 41.0 Å². The average molecular weight is 345 g/mol. The summed E-state index contributed by atoms with van der Waals surface area (Å²) in [5, 5.41) is 10.6. The van der Waals surface area contributed by atoms with Crippen LogP contribution < -0.4 is 0 Å². The van der Waals surface area contributed by atoms with Crippen LogP contribution in [0.3, 0.4) is 0 Å². The van der Waals surface area contributed by atoms with Crippen molar-refractivity contribution >= 4 is 44.9 Å². The number of nitrogens with one attached hydrogen (secondary N) is 1. The van der Waals surface area contributed by atoms with E-state index in [1.807, 2.05) is 12.1 Å². The number of halogens is 1. The highest BCUT2D eigenvalue weighted by Gasteiger charge is 2.03. The van der Waals surface area contributed by atoms with Crippen LogP contribution in [-0.4, -0.2) is 19.9 Å². The topological polar surface area (TPSA) is 84.7 Å². The molecule has 0 aliphatic carbocycles. The highest BCUT2D eigenvalue weighted by molar-refractivity contribution is 9.10. The van der Waals surface area contributed by atoms with Gasteiger partial charge in [0.2, 0.25) is 0 Å². The van der Waals surface area contributed by atoms with E-state index in [-0.39, 0.29) is 5.69 Å². The number of rotatable bonds is 3. The van der Waals surface area contributed by atoms with Crippen molar-refractivity contribution in [2.24, 2.45) is 0 Å². The second-order valence-corrected chi connectivity index (χ2v) is 5.24. The first-order valence-electron chi connectivity index (χ1n) is 6.05. The lowest BCUT2D eigenvalue weighted by Crippen LogP contribution is -1.86. The molecule has 0 radical (unpaired) electrons. The normalized spacial score (nSPS) is 11.3. The average Bonchev–Trinajstić information content (AvgIpc) is 2.87. The third-order valence-electron chi connectivity index (χ3n) is 2.86. The first-order chi connectivity index (χ1) is 10.1. The summed E-state index contributed by atoms with van der Waals surface area (Å²) < 4.78 is 0.879. The summed E-state index contributed by atoms with van der Waals surface area (Å²) in [6.07, 6.45) is 5.32. The van der Waals surface area contributed by atoms with E-state index in [0.717, 1.165) is 15.6 Å². The summed E-state index contributed by atoms with van der Waals surface area (Å²) in [6, 6.07) is 8.21. The Balaban J connectivity index is 1.85. The maximum atomic E-state index is 10.6. The van der Waals surface area contributed by atoms with Gasteiger partial charge in [-0.25, -0.2) is 9.97 Å². The molecule has 6 nitrogen and oxygen atoms in total. The summed E-state index contributed by atoms with van der Waals surface area (Å²) in [6.45, 7) is 0. The number of hydrogen-bond acceptors (Lipinski definition) is 4. The number of hydrogen-bond donors (Lipinski definition) is 1. The first-order valence-corrected chi connectivity index (χ1v) is 6.85. The molecule has 0 unspecified atom stereocenters. The van der Waals surface area contributed by atoms with Gasteiger partial charge in [0.1, 0.15) is 5.82 Å². The number of H-pyrrole nitrogens is 1.